The Morgan fingerprint density at radius 1 is 0.971 bits per heavy atom. The molecule has 0 unspecified atom stereocenters. The Kier molecular flexibility index (Phi) is 9.65. The molecule has 0 aliphatic rings. The molecule has 0 spiro atoms. The van der Waals surface area contributed by atoms with E-state index < -0.39 is 0 Å². The molecule has 0 bridgehead atoms. The summed E-state index contributed by atoms with van der Waals surface area (Å²) in [6, 6.07) is 14.8. The number of carbonyl (C=O) groups is 2. The van der Waals surface area contributed by atoms with E-state index in [-0.39, 0.29) is 36.3 Å². The molecule has 0 aliphatic heterocycles. The topological polar surface area (TPSA) is 116 Å². The maximum atomic E-state index is 12.2. The first-order chi connectivity index (χ1) is 16.9. The molecule has 1 amide bonds. The van der Waals surface area contributed by atoms with E-state index >= 15 is 0 Å². The second kappa shape index (κ2) is 13.1. The van der Waals surface area contributed by atoms with Crippen LogP contribution >= 0.6 is 0 Å². The first kappa shape index (κ1) is 25.7. The molecule has 1 N–H and O–H groups in total. The zero-order valence-electron chi connectivity index (χ0n) is 20.1. The normalized spacial score (nSPS) is 10.8. The molecule has 184 valence electrons. The lowest BCUT2D eigenvalue weighted by Crippen LogP contribution is -2.25. The molecule has 0 radical (unpaired) electrons. The van der Waals surface area contributed by atoms with Crippen molar-refractivity contribution in [1.82, 2.24) is 19.7 Å². The SMILES string of the molecule is CC(C)COC(=O)Cc1ccn(CCCCc2ccc(NC(=O)Cc3ccccc3)nn2)c(=O)n1. The van der Waals surface area contributed by atoms with Crippen LogP contribution in [-0.4, -0.2) is 38.2 Å². The van der Waals surface area contributed by atoms with Gasteiger partial charge in [0.15, 0.2) is 5.82 Å². The van der Waals surface area contributed by atoms with Gasteiger partial charge in [0, 0.05) is 12.7 Å². The summed E-state index contributed by atoms with van der Waals surface area (Å²) in [6.07, 6.45) is 4.20. The molecular weight excluding hydrogens is 446 g/mol. The molecule has 0 fully saturated rings. The van der Waals surface area contributed by atoms with Crippen molar-refractivity contribution in [1.29, 1.82) is 0 Å². The molecule has 1 aromatic carbocycles. The number of hydrogen-bond acceptors (Lipinski definition) is 7. The van der Waals surface area contributed by atoms with Crippen LogP contribution in [0.3, 0.4) is 0 Å². The summed E-state index contributed by atoms with van der Waals surface area (Å²) in [5.41, 5.74) is 1.77. The monoisotopic (exact) mass is 477 g/mol. The number of aromatic nitrogens is 4. The van der Waals surface area contributed by atoms with Crippen molar-refractivity contribution in [3.05, 3.63) is 82.2 Å². The van der Waals surface area contributed by atoms with Gasteiger partial charge in [-0.15, -0.1) is 5.10 Å². The van der Waals surface area contributed by atoms with Crippen molar-refractivity contribution in [2.45, 2.75) is 52.5 Å². The van der Waals surface area contributed by atoms with E-state index in [2.05, 4.69) is 20.5 Å². The highest BCUT2D eigenvalue weighted by molar-refractivity contribution is 5.91. The van der Waals surface area contributed by atoms with Gasteiger partial charge in [-0.2, -0.15) is 10.1 Å². The van der Waals surface area contributed by atoms with E-state index in [0.717, 1.165) is 24.1 Å². The van der Waals surface area contributed by atoms with Crippen LogP contribution in [0.5, 0.6) is 0 Å². The summed E-state index contributed by atoms with van der Waals surface area (Å²) in [6.45, 7) is 4.79. The summed E-state index contributed by atoms with van der Waals surface area (Å²) in [5.74, 6) is 0.150. The Morgan fingerprint density at radius 2 is 1.77 bits per heavy atom. The van der Waals surface area contributed by atoms with E-state index in [1.165, 1.54) is 4.57 Å². The number of benzene rings is 1. The Hall–Kier alpha value is -3.88. The zero-order valence-corrected chi connectivity index (χ0v) is 20.1. The van der Waals surface area contributed by atoms with Gasteiger partial charge in [-0.1, -0.05) is 44.2 Å². The van der Waals surface area contributed by atoms with Gasteiger partial charge in [0.1, 0.15) is 0 Å². The van der Waals surface area contributed by atoms with Crippen LogP contribution in [0.4, 0.5) is 5.82 Å². The van der Waals surface area contributed by atoms with E-state index in [0.29, 0.717) is 31.1 Å². The Labute approximate surface area is 204 Å². The molecule has 9 heteroatoms. The summed E-state index contributed by atoms with van der Waals surface area (Å²) in [4.78, 5) is 40.2. The third-order valence-corrected chi connectivity index (χ3v) is 5.11. The van der Waals surface area contributed by atoms with Crippen LogP contribution in [0.1, 0.15) is 43.6 Å². The number of unbranched alkanes of at least 4 members (excludes halogenated alkanes) is 1. The fraction of sp³-hybridized carbons (Fsp3) is 0.385. The van der Waals surface area contributed by atoms with Crippen LogP contribution in [0.25, 0.3) is 0 Å². The van der Waals surface area contributed by atoms with E-state index in [1.807, 2.05) is 50.2 Å². The quantitative estimate of drug-likeness (QED) is 0.315. The van der Waals surface area contributed by atoms with Crippen molar-refractivity contribution >= 4 is 17.7 Å². The van der Waals surface area contributed by atoms with Crippen LogP contribution < -0.4 is 11.0 Å². The first-order valence-electron chi connectivity index (χ1n) is 11.8. The number of esters is 1. The third-order valence-electron chi connectivity index (χ3n) is 5.11. The van der Waals surface area contributed by atoms with E-state index in [9.17, 15) is 14.4 Å². The smallest absolute Gasteiger partial charge is 0.347 e. The molecule has 0 saturated carbocycles. The maximum absolute atomic E-state index is 12.2. The predicted octanol–water partition coefficient (Wildman–Crippen LogP) is 2.98. The Morgan fingerprint density at radius 3 is 2.46 bits per heavy atom. The molecule has 9 nitrogen and oxygen atoms in total. The molecule has 0 aliphatic carbocycles. The number of aryl methyl sites for hydroxylation is 2. The standard InChI is InChI=1S/C26H31N5O4/c1-19(2)18-35-25(33)17-22-13-15-31(26(34)27-22)14-7-6-10-21-11-12-23(30-29-21)28-24(32)16-20-8-4-3-5-9-20/h3-5,8-9,11-13,15,19H,6-7,10,14,16-18H2,1-2H3,(H,28,30,32). The number of nitrogens with zero attached hydrogens (tertiary/aromatic N) is 4. The number of amides is 1. The average molecular weight is 478 g/mol. The van der Waals surface area contributed by atoms with Crippen molar-refractivity contribution in [2.75, 3.05) is 11.9 Å². The maximum Gasteiger partial charge on any atom is 0.347 e. The summed E-state index contributed by atoms with van der Waals surface area (Å²) in [5, 5.41) is 11.0. The van der Waals surface area contributed by atoms with Crippen molar-refractivity contribution in [2.24, 2.45) is 5.92 Å². The summed E-state index contributed by atoms with van der Waals surface area (Å²) < 4.78 is 6.66. The number of rotatable bonds is 12. The van der Waals surface area contributed by atoms with Crippen molar-refractivity contribution in [3.8, 4) is 0 Å². The second-order valence-corrected chi connectivity index (χ2v) is 8.73. The minimum Gasteiger partial charge on any atom is -0.465 e. The van der Waals surface area contributed by atoms with Gasteiger partial charge < -0.3 is 10.1 Å². The Bertz CT molecular complexity index is 1160. The number of anilines is 1. The average Bonchev–Trinajstić information content (AvgIpc) is 2.83. The number of hydrogen-bond donors (Lipinski definition) is 1. The highest BCUT2D eigenvalue weighted by Gasteiger charge is 2.09. The molecule has 2 aromatic heterocycles. The van der Waals surface area contributed by atoms with Gasteiger partial charge in [0.05, 0.1) is 30.8 Å². The van der Waals surface area contributed by atoms with Gasteiger partial charge >= 0.3 is 11.7 Å². The van der Waals surface area contributed by atoms with Crippen LogP contribution in [0.2, 0.25) is 0 Å². The number of nitrogens with one attached hydrogen (secondary N) is 1. The predicted molar refractivity (Wildman–Crippen MR) is 132 cm³/mol. The van der Waals surface area contributed by atoms with Crippen LogP contribution in [0, 0.1) is 5.92 Å². The van der Waals surface area contributed by atoms with Gasteiger partial charge in [0.25, 0.3) is 0 Å². The molecule has 35 heavy (non-hydrogen) atoms. The van der Waals surface area contributed by atoms with Gasteiger partial charge in [0.2, 0.25) is 5.91 Å². The molecule has 3 rings (SSSR count). The highest BCUT2D eigenvalue weighted by Crippen LogP contribution is 2.08. The second-order valence-electron chi connectivity index (χ2n) is 8.73. The zero-order chi connectivity index (χ0) is 25.0. The lowest BCUT2D eigenvalue weighted by Gasteiger charge is -2.08. The van der Waals surface area contributed by atoms with Gasteiger partial charge in [-0.3, -0.25) is 14.2 Å². The minimum absolute atomic E-state index is 0.00975. The number of ether oxygens (including phenoxy) is 1. The minimum atomic E-state index is -0.383. The van der Waals surface area contributed by atoms with E-state index in [4.69, 9.17) is 4.74 Å². The lowest BCUT2D eigenvalue weighted by atomic mass is 10.1. The van der Waals surface area contributed by atoms with Crippen LogP contribution in [0.15, 0.2) is 59.5 Å². The van der Waals surface area contributed by atoms with E-state index in [1.54, 1.807) is 18.3 Å². The summed E-state index contributed by atoms with van der Waals surface area (Å²) >= 11 is 0. The summed E-state index contributed by atoms with van der Waals surface area (Å²) in [7, 11) is 0. The molecule has 2 heterocycles. The van der Waals surface area contributed by atoms with Crippen LogP contribution in [-0.2, 0) is 40.1 Å². The fourth-order valence-corrected chi connectivity index (χ4v) is 3.31. The Balaban J connectivity index is 1.39. The molecule has 3 aromatic rings. The largest absolute Gasteiger partial charge is 0.465 e. The lowest BCUT2D eigenvalue weighted by molar-refractivity contribution is -0.144. The van der Waals surface area contributed by atoms with Gasteiger partial charge in [-0.05, 0) is 48.9 Å². The van der Waals surface area contributed by atoms with Crippen molar-refractivity contribution in [3.63, 3.8) is 0 Å². The first-order valence-corrected chi connectivity index (χ1v) is 11.8. The number of carbonyl (C=O) groups excluding carboxylic acids is 2. The van der Waals surface area contributed by atoms with Crippen molar-refractivity contribution < 1.29 is 14.3 Å². The highest BCUT2D eigenvalue weighted by atomic mass is 16.5. The molecular formula is C26H31N5O4. The molecule has 0 saturated heterocycles. The van der Waals surface area contributed by atoms with Gasteiger partial charge in [-0.25, -0.2) is 4.79 Å². The molecule has 0 atom stereocenters. The third kappa shape index (κ3) is 9.11. The fourth-order valence-electron chi connectivity index (χ4n) is 3.31.